The van der Waals surface area contributed by atoms with E-state index >= 15 is 0 Å². The average molecular weight is 229 g/mol. The molecule has 1 aromatic heterocycles. The topological polar surface area (TPSA) is 136 Å². The van der Waals surface area contributed by atoms with Crippen molar-refractivity contribution in [2.75, 3.05) is 5.32 Å². The van der Waals surface area contributed by atoms with Crippen LogP contribution < -0.4 is 16.8 Å². The summed E-state index contributed by atoms with van der Waals surface area (Å²) in [5, 5.41) is 10.8. The molecule has 0 spiro atoms. The van der Waals surface area contributed by atoms with Crippen LogP contribution in [0.1, 0.15) is 20.0 Å². The van der Waals surface area contributed by atoms with E-state index < -0.39 is 17.9 Å². The molecule has 0 bridgehead atoms. The molecule has 7 nitrogen and oxygen atoms in total. The number of amides is 3. The summed E-state index contributed by atoms with van der Waals surface area (Å²) >= 11 is 0.712. The molecule has 0 saturated heterocycles. The summed E-state index contributed by atoms with van der Waals surface area (Å²) in [5.74, 6) is -2.04. The van der Waals surface area contributed by atoms with Crippen molar-refractivity contribution >= 4 is 34.2 Å². The molecule has 1 heterocycles. The van der Waals surface area contributed by atoms with Crippen molar-refractivity contribution in [3.8, 4) is 0 Å². The highest BCUT2D eigenvalue weighted by Gasteiger charge is 2.18. The van der Waals surface area contributed by atoms with E-state index in [1.165, 1.54) is 0 Å². The molecule has 0 fully saturated rings. The van der Waals surface area contributed by atoms with Gasteiger partial charge in [0.15, 0.2) is 0 Å². The summed E-state index contributed by atoms with van der Waals surface area (Å²) in [5.41, 5.74) is 9.75. The van der Waals surface area contributed by atoms with E-state index in [2.05, 4.69) is 5.32 Å². The van der Waals surface area contributed by atoms with E-state index in [0.29, 0.717) is 11.3 Å². The number of carboxylic acids is 1. The molecular weight excluding hydrogens is 222 g/mol. The second-order valence-corrected chi connectivity index (χ2v) is 3.56. The highest BCUT2D eigenvalue weighted by atomic mass is 32.1. The Bertz CT molecular complexity index is 439. The molecule has 3 amide bonds. The lowest BCUT2D eigenvalue weighted by molar-refractivity contribution is 0.0702. The van der Waals surface area contributed by atoms with Gasteiger partial charge in [0.1, 0.15) is 9.88 Å². The maximum atomic E-state index is 10.9. The number of anilines is 1. The molecule has 0 unspecified atom stereocenters. The van der Waals surface area contributed by atoms with Crippen molar-refractivity contribution in [2.45, 2.75) is 0 Å². The Labute approximate surface area is 87.7 Å². The van der Waals surface area contributed by atoms with Crippen LogP contribution in [-0.4, -0.2) is 23.0 Å². The number of thiophene rings is 1. The maximum Gasteiger partial charge on any atom is 0.345 e. The Balaban J connectivity index is 3.17. The normalized spacial score (nSPS) is 9.60. The summed E-state index contributed by atoms with van der Waals surface area (Å²) < 4.78 is 0. The fourth-order valence-electron chi connectivity index (χ4n) is 0.884. The number of carbonyl (C=O) groups excluding carboxylic acids is 2. The summed E-state index contributed by atoms with van der Waals surface area (Å²) in [6, 6.07) is 0.192. The van der Waals surface area contributed by atoms with Crippen molar-refractivity contribution in [1.82, 2.24) is 0 Å². The van der Waals surface area contributed by atoms with Gasteiger partial charge >= 0.3 is 12.0 Å². The van der Waals surface area contributed by atoms with Crippen LogP contribution in [0.25, 0.3) is 0 Å². The molecule has 0 aliphatic heterocycles. The van der Waals surface area contributed by atoms with Crippen LogP contribution in [-0.2, 0) is 0 Å². The summed E-state index contributed by atoms with van der Waals surface area (Å²) in [6.45, 7) is 0. The summed E-state index contributed by atoms with van der Waals surface area (Å²) in [7, 11) is 0. The van der Waals surface area contributed by atoms with Gasteiger partial charge in [-0.15, -0.1) is 11.3 Å². The van der Waals surface area contributed by atoms with Gasteiger partial charge in [0.05, 0.1) is 5.56 Å². The SMILES string of the molecule is NC(=O)Nc1sc(C(=O)O)cc1C(N)=O. The van der Waals surface area contributed by atoms with Crippen molar-refractivity contribution in [2.24, 2.45) is 11.5 Å². The minimum Gasteiger partial charge on any atom is -0.477 e. The molecule has 1 rings (SSSR count). The Morgan fingerprint density at radius 3 is 2.33 bits per heavy atom. The average Bonchev–Trinajstić information content (AvgIpc) is 2.46. The van der Waals surface area contributed by atoms with Gasteiger partial charge in [-0.05, 0) is 6.07 Å². The Morgan fingerprint density at radius 2 is 1.93 bits per heavy atom. The highest BCUT2D eigenvalue weighted by Crippen LogP contribution is 2.27. The maximum absolute atomic E-state index is 10.9. The van der Waals surface area contributed by atoms with Crippen molar-refractivity contribution in [1.29, 1.82) is 0 Å². The second-order valence-electron chi connectivity index (χ2n) is 2.51. The van der Waals surface area contributed by atoms with E-state index in [0.717, 1.165) is 6.07 Å². The molecule has 0 aromatic carbocycles. The third-order valence-electron chi connectivity index (χ3n) is 1.45. The van der Waals surface area contributed by atoms with Gasteiger partial charge in [0.2, 0.25) is 0 Å². The highest BCUT2D eigenvalue weighted by molar-refractivity contribution is 7.18. The predicted molar refractivity (Wildman–Crippen MR) is 53.0 cm³/mol. The Kier molecular flexibility index (Phi) is 2.90. The zero-order chi connectivity index (χ0) is 11.6. The fraction of sp³-hybridized carbons (Fsp3) is 0. The van der Waals surface area contributed by atoms with Crippen LogP contribution in [0.4, 0.5) is 9.80 Å². The number of carbonyl (C=O) groups is 3. The number of primary amides is 2. The molecule has 15 heavy (non-hydrogen) atoms. The van der Waals surface area contributed by atoms with Gasteiger partial charge in [-0.25, -0.2) is 9.59 Å². The van der Waals surface area contributed by atoms with Gasteiger partial charge in [0.25, 0.3) is 5.91 Å². The molecule has 6 N–H and O–H groups in total. The van der Waals surface area contributed by atoms with E-state index in [-0.39, 0.29) is 15.4 Å². The molecule has 0 aliphatic rings. The van der Waals surface area contributed by atoms with E-state index in [9.17, 15) is 14.4 Å². The smallest absolute Gasteiger partial charge is 0.345 e. The molecule has 0 atom stereocenters. The number of rotatable bonds is 3. The standard InChI is InChI=1S/C7H7N3O4S/c8-4(11)2-1-3(6(12)13)15-5(2)10-7(9)14/h1H,(H2,8,11)(H,12,13)(H3,9,10,14). The zero-order valence-corrected chi connectivity index (χ0v) is 8.13. The number of nitrogens with two attached hydrogens (primary N) is 2. The Morgan fingerprint density at radius 1 is 1.33 bits per heavy atom. The lowest BCUT2D eigenvalue weighted by atomic mass is 10.3. The first-order chi connectivity index (χ1) is 6.91. The summed E-state index contributed by atoms with van der Waals surface area (Å²) in [6.07, 6.45) is 0. The molecule has 8 heteroatoms. The van der Waals surface area contributed by atoms with Crippen LogP contribution in [0, 0.1) is 0 Å². The number of hydrogen-bond donors (Lipinski definition) is 4. The summed E-state index contributed by atoms with van der Waals surface area (Å²) in [4.78, 5) is 31.9. The number of carboxylic acid groups (broad SMARTS) is 1. The monoisotopic (exact) mass is 229 g/mol. The van der Waals surface area contributed by atoms with Crippen molar-refractivity contribution < 1.29 is 19.5 Å². The first-order valence-electron chi connectivity index (χ1n) is 3.65. The van der Waals surface area contributed by atoms with Gasteiger partial charge in [-0.2, -0.15) is 0 Å². The van der Waals surface area contributed by atoms with Crippen LogP contribution >= 0.6 is 11.3 Å². The zero-order valence-electron chi connectivity index (χ0n) is 7.31. The van der Waals surface area contributed by atoms with Crippen LogP contribution in [0.2, 0.25) is 0 Å². The van der Waals surface area contributed by atoms with Crippen molar-refractivity contribution in [3.05, 3.63) is 16.5 Å². The van der Waals surface area contributed by atoms with Gasteiger partial charge in [-0.3, -0.25) is 10.1 Å². The number of urea groups is 1. The lowest BCUT2D eigenvalue weighted by Gasteiger charge is -1.98. The van der Waals surface area contributed by atoms with E-state index in [1.807, 2.05) is 0 Å². The third kappa shape index (κ3) is 2.44. The first kappa shape index (κ1) is 11.0. The van der Waals surface area contributed by atoms with Gasteiger partial charge in [0, 0.05) is 0 Å². The second kappa shape index (κ2) is 3.96. The molecule has 0 aliphatic carbocycles. The van der Waals surface area contributed by atoms with Gasteiger partial charge in [-0.1, -0.05) is 0 Å². The molecule has 80 valence electrons. The lowest BCUT2D eigenvalue weighted by Crippen LogP contribution is -2.21. The number of aromatic carboxylic acids is 1. The van der Waals surface area contributed by atoms with Crippen molar-refractivity contribution in [3.63, 3.8) is 0 Å². The molecular formula is C7H7N3O4S. The van der Waals surface area contributed by atoms with E-state index in [4.69, 9.17) is 16.6 Å². The minimum absolute atomic E-state index is 0.0346. The largest absolute Gasteiger partial charge is 0.477 e. The van der Waals surface area contributed by atoms with Crippen LogP contribution in [0.15, 0.2) is 6.07 Å². The first-order valence-corrected chi connectivity index (χ1v) is 4.47. The van der Waals surface area contributed by atoms with E-state index in [1.54, 1.807) is 0 Å². The molecule has 0 saturated carbocycles. The quantitative estimate of drug-likeness (QED) is 0.581. The fourth-order valence-corrected chi connectivity index (χ4v) is 1.79. The number of hydrogen-bond acceptors (Lipinski definition) is 4. The van der Waals surface area contributed by atoms with Crippen LogP contribution in [0.5, 0.6) is 0 Å². The van der Waals surface area contributed by atoms with Crippen LogP contribution in [0.3, 0.4) is 0 Å². The number of nitrogens with one attached hydrogen (secondary N) is 1. The molecule has 1 aromatic rings. The molecule has 0 radical (unpaired) electrons. The van der Waals surface area contributed by atoms with Gasteiger partial charge < -0.3 is 16.6 Å². The minimum atomic E-state index is -1.21. The predicted octanol–water partition coefficient (Wildman–Crippen LogP) is 0.0358. The third-order valence-corrected chi connectivity index (χ3v) is 2.48. The Hall–Kier alpha value is -2.09.